The van der Waals surface area contributed by atoms with E-state index < -0.39 is 58.2 Å². The Morgan fingerprint density at radius 1 is 1.13 bits per heavy atom. The Labute approximate surface area is 224 Å². The average molecular weight is 572 g/mol. The maximum Gasteiger partial charge on any atom is 0.272 e. The maximum atomic E-state index is 14.4. The molecule has 4 atom stereocenters. The van der Waals surface area contributed by atoms with Crippen molar-refractivity contribution in [3.63, 3.8) is 0 Å². The van der Waals surface area contributed by atoms with Gasteiger partial charge in [-0.15, -0.1) is 0 Å². The summed E-state index contributed by atoms with van der Waals surface area (Å²) in [5, 5.41) is 5.60. The fraction of sp³-hybridized carbons (Fsp3) is 0.444. The van der Waals surface area contributed by atoms with E-state index in [2.05, 4.69) is 17.2 Å². The summed E-state index contributed by atoms with van der Waals surface area (Å²) in [6, 6.07) is 6.42. The zero-order valence-electron chi connectivity index (χ0n) is 21.3. The zero-order valence-corrected chi connectivity index (χ0v) is 22.1. The van der Waals surface area contributed by atoms with Crippen molar-refractivity contribution in [3.05, 3.63) is 77.4 Å². The van der Waals surface area contributed by atoms with Crippen LogP contribution in [0.2, 0.25) is 0 Å². The van der Waals surface area contributed by atoms with Crippen LogP contribution < -0.4 is 10.6 Å². The molecular formula is C27H30F5N3O3S. The lowest BCUT2D eigenvalue weighted by atomic mass is 9.84. The predicted octanol–water partition coefficient (Wildman–Crippen LogP) is 4.63. The van der Waals surface area contributed by atoms with Crippen molar-refractivity contribution in [2.24, 2.45) is 5.92 Å². The lowest BCUT2D eigenvalue weighted by Gasteiger charge is -2.35. The number of alkyl halides is 3. The van der Waals surface area contributed by atoms with Gasteiger partial charge in [-0.05, 0) is 72.9 Å². The van der Waals surface area contributed by atoms with E-state index >= 15 is 0 Å². The lowest BCUT2D eigenvalue weighted by Crippen LogP contribution is -2.45. The Balaban J connectivity index is 1.42. The molecule has 0 saturated carbocycles. The van der Waals surface area contributed by atoms with Crippen LogP contribution >= 0.6 is 0 Å². The molecule has 212 valence electrons. The number of allylic oxidation sites excluding steroid dienone is 1. The molecule has 4 rings (SSSR count). The number of rotatable bonds is 8. The van der Waals surface area contributed by atoms with Gasteiger partial charge in [0.25, 0.3) is 5.92 Å². The molecule has 0 aliphatic carbocycles. The third kappa shape index (κ3) is 6.33. The van der Waals surface area contributed by atoms with Crippen molar-refractivity contribution in [1.29, 1.82) is 0 Å². The molecule has 0 spiro atoms. The van der Waals surface area contributed by atoms with Crippen LogP contribution in [0.3, 0.4) is 0 Å². The zero-order chi connectivity index (χ0) is 28.5. The van der Waals surface area contributed by atoms with Crippen LogP contribution in [0.5, 0.6) is 0 Å². The van der Waals surface area contributed by atoms with E-state index in [4.69, 9.17) is 0 Å². The van der Waals surface area contributed by atoms with E-state index in [1.165, 1.54) is 19.1 Å². The second-order valence-electron chi connectivity index (χ2n) is 10.1. The summed E-state index contributed by atoms with van der Waals surface area (Å²) >= 11 is 0. The van der Waals surface area contributed by atoms with Crippen molar-refractivity contribution in [2.75, 3.05) is 13.1 Å². The Hall–Kier alpha value is -2.83. The summed E-state index contributed by atoms with van der Waals surface area (Å²) in [5.74, 6) is -5.91. The van der Waals surface area contributed by atoms with Crippen molar-refractivity contribution in [2.45, 2.75) is 61.8 Å². The minimum absolute atomic E-state index is 0.0253. The molecule has 39 heavy (non-hydrogen) atoms. The highest BCUT2D eigenvalue weighted by molar-refractivity contribution is 7.89. The third-order valence-electron chi connectivity index (χ3n) is 7.27. The molecule has 2 fully saturated rings. The normalized spacial score (nSPS) is 24.5. The van der Waals surface area contributed by atoms with Crippen LogP contribution in [0.15, 0.2) is 59.5 Å². The van der Waals surface area contributed by atoms with Crippen LogP contribution in [0.25, 0.3) is 0 Å². The quantitative estimate of drug-likeness (QED) is 0.358. The molecular weight excluding hydrogens is 541 g/mol. The number of hydrogen-bond donors (Lipinski definition) is 2. The molecule has 2 aromatic rings. The minimum atomic E-state index is -4.28. The number of piperidine rings is 1. The van der Waals surface area contributed by atoms with Gasteiger partial charge in [0, 0.05) is 38.0 Å². The van der Waals surface area contributed by atoms with E-state index in [1.54, 1.807) is 6.07 Å². The fourth-order valence-electron chi connectivity index (χ4n) is 5.09. The van der Waals surface area contributed by atoms with Crippen LogP contribution in [-0.2, 0) is 21.4 Å². The smallest absolute Gasteiger partial charge is 0.272 e. The van der Waals surface area contributed by atoms with Crippen LogP contribution in [-0.4, -0.2) is 49.9 Å². The summed E-state index contributed by atoms with van der Waals surface area (Å²) in [5.41, 5.74) is 0.695. The SMILES string of the molecule is C=C(C)C(F)(F)C1CCC(c2cc(F)cc(CNC(=O)[C@@H]3C[C@@H](F)CN3S(=O)(=O)c3ccc(F)cc3)c2)NC1. The Morgan fingerprint density at radius 2 is 1.82 bits per heavy atom. The van der Waals surface area contributed by atoms with E-state index in [0.717, 1.165) is 28.6 Å². The van der Waals surface area contributed by atoms with Gasteiger partial charge in [0.2, 0.25) is 15.9 Å². The van der Waals surface area contributed by atoms with Crippen LogP contribution in [0.1, 0.15) is 43.4 Å². The highest BCUT2D eigenvalue weighted by Crippen LogP contribution is 2.38. The number of nitrogens with zero attached hydrogens (tertiary/aromatic N) is 1. The van der Waals surface area contributed by atoms with Crippen molar-refractivity contribution < 1.29 is 35.2 Å². The van der Waals surface area contributed by atoms with Gasteiger partial charge < -0.3 is 10.6 Å². The van der Waals surface area contributed by atoms with Gasteiger partial charge in [-0.25, -0.2) is 30.4 Å². The molecule has 12 heteroatoms. The summed E-state index contributed by atoms with van der Waals surface area (Å²) in [4.78, 5) is 12.7. The topological polar surface area (TPSA) is 78.5 Å². The number of nitrogens with one attached hydrogen (secondary N) is 2. The Kier molecular flexibility index (Phi) is 8.48. The molecule has 2 aliphatic rings. The molecule has 2 aromatic carbocycles. The predicted molar refractivity (Wildman–Crippen MR) is 135 cm³/mol. The molecule has 0 aromatic heterocycles. The fourth-order valence-corrected chi connectivity index (χ4v) is 6.71. The second kappa shape index (κ2) is 11.3. The highest BCUT2D eigenvalue weighted by atomic mass is 32.2. The number of carbonyl (C=O) groups excluding carboxylic acids is 1. The van der Waals surface area contributed by atoms with Crippen LogP contribution in [0, 0.1) is 17.6 Å². The molecule has 2 saturated heterocycles. The van der Waals surface area contributed by atoms with E-state index in [9.17, 15) is 35.2 Å². The number of sulfonamides is 1. The first-order chi connectivity index (χ1) is 18.3. The van der Waals surface area contributed by atoms with Crippen molar-refractivity contribution in [3.8, 4) is 0 Å². The van der Waals surface area contributed by atoms with Gasteiger partial charge in [0.15, 0.2) is 0 Å². The molecule has 1 amide bonds. The van der Waals surface area contributed by atoms with Gasteiger partial charge in [0.05, 0.1) is 4.90 Å². The Bertz CT molecular complexity index is 1330. The maximum absolute atomic E-state index is 14.4. The first-order valence-electron chi connectivity index (χ1n) is 12.5. The largest absolute Gasteiger partial charge is 0.351 e. The molecule has 2 heterocycles. The van der Waals surface area contributed by atoms with E-state index in [-0.39, 0.29) is 42.4 Å². The molecule has 2 unspecified atom stereocenters. The molecule has 0 radical (unpaired) electrons. The van der Waals surface area contributed by atoms with Crippen LogP contribution in [0.4, 0.5) is 22.0 Å². The number of halogens is 5. The summed E-state index contributed by atoms with van der Waals surface area (Å²) in [7, 11) is -4.28. The lowest BCUT2D eigenvalue weighted by molar-refractivity contribution is -0.124. The minimum Gasteiger partial charge on any atom is -0.351 e. The molecule has 0 bridgehead atoms. The number of carbonyl (C=O) groups is 1. The van der Waals surface area contributed by atoms with Crippen molar-refractivity contribution >= 4 is 15.9 Å². The molecule has 2 N–H and O–H groups in total. The standard InChI is InChI=1S/C27H30F5N3O3S/c1-16(2)27(31,32)19-3-8-24(33-14-19)18-9-17(10-21(29)11-18)13-34-26(36)25-12-22(30)15-35(25)39(37,38)23-6-4-20(28)5-7-23/h4-7,9-11,19,22,24-25,33H,1,3,8,12-15H2,2H3,(H,34,36)/t19?,22-,24?,25+/m1/s1. The summed E-state index contributed by atoms with van der Waals surface area (Å²) in [6.07, 6.45) is -1.37. The van der Waals surface area contributed by atoms with Gasteiger partial charge >= 0.3 is 0 Å². The molecule has 6 nitrogen and oxygen atoms in total. The molecule has 2 aliphatic heterocycles. The first kappa shape index (κ1) is 29.2. The number of benzene rings is 2. The second-order valence-corrected chi connectivity index (χ2v) is 12.0. The third-order valence-corrected chi connectivity index (χ3v) is 9.16. The first-order valence-corrected chi connectivity index (χ1v) is 14.0. The van der Waals surface area contributed by atoms with Gasteiger partial charge in [-0.1, -0.05) is 12.6 Å². The summed E-state index contributed by atoms with van der Waals surface area (Å²) in [6.45, 7) is 4.00. The van der Waals surface area contributed by atoms with Gasteiger partial charge in [-0.2, -0.15) is 4.31 Å². The van der Waals surface area contributed by atoms with Gasteiger partial charge in [0.1, 0.15) is 23.8 Å². The summed E-state index contributed by atoms with van der Waals surface area (Å²) < 4.78 is 97.3. The Morgan fingerprint density at radius 3 is 2.44 bits per heavy atom. The van der Waals surface area contributed by atoms with E-state index in [0.29, 0.717) is 17.5 Å². The monoisotopic (exact) mass is 571 g/mol. The number of hydrogen-bond acceptors (Lipinski definition) is 4. The average Bonchev–Trinajstić information content (AvgIpc) is 3.30. The number of amides is 1. The van der Waals surface area contributed by atoms with Crippen molar-refractivity contribution in [1.82, 2.24) is 14.9 Å². The van der Waals surface area contributed by atoms with E-state index in [1.807, 2.05) is 0 Å². The van der Waals surface area contributed by atoms with Gasteiger partial charge in [-0.3, -0.25) is 4.79 Å². The highest BCUT2D eigenvalue weighted by Gasteiger charge is 2.44.